The quantitative estimate of drug-likeness (QED) is 0.387. The van der Waals surface area contributed by atoms with Crippen LogP contribution in [0, 0.1) is 12.8 Å². The van der Waals surface area contributed by atoms with Crippen molar-refractivity contribution in [2.75, 3.05) is 11.4 Å². The lowest BCUT2D eigenvalue weighted by molar-refractivity contribution is -0.113. The molecule has 1 saturated heterocycles. The van der Waals surface area contributed by atoms with E-state index in [1.165, 1.54) is 18.3 Å². The van der Waals surface area contributed by atoms with Gasteiger partial charge in [-0.2, -0.15) is 0 Å². The zero-order chi connectivity index (χ0) is 22.3. The first kappa shape index (κ1) is 25.2. The van der Waals surface area contributed by atoms with Gasteiger partial charge in [0.05, 0.1) is 16.3 Å². The highest BCUT2D eigenvalue weighted by Gasteiger charge is 2.36. The minimum absolute atomic E-state index is 0.0490. The molecule has 1 N–H and O–H groups in total. The van der Waals surface area contributed by atoms with Crippen LogP contribution >= 0.6 is 22.9 Å². The van der Waals surface area contributed by atoms with Crippen molar-refractivity contribution in [3.8, 4) is 0 Å². The Morgan fingerprint density at radius 2 is 2.03 bits per heavy atom. The van der Waals surface area contributed by atoms with E-state index in [0.717, 1.165) is 35.9 Å². The van der Waals surface area contributed by atoms with E-state index in [1.54, 1.807) is 6.92 Å². The van der Waals surface area contributed by atoms with Gasteiger partial charge in [0.25, 0.3) is 0 Å². The van der Waals surface area contributed by atoms with Crippen LogP contribution in [0.2, 0.25) is 0 Å². The molecule has 1 aliphatic rings. The Bertz CT molecular complexity index is 787. The summed E-state index contributed by atoms with van der Waals surface area (Å²) in [6, 6.07) is 0.549. The fourth-order valence-electron chi connectivity index (χ4n) is 3.07. The number of halogens is 2. The number of ketones is 1. The predicted molar refractivity (Wildman–Crippen MR) is 120 cm³/mol. The van der Waals surface area contributed by atoms with E-state index in [9.17, 15) is 9.32 Å². The molecule has 0 unspecified atom stereocenters. The molecule has 1 aliphatic heterocycles. The van der Waals surface area contributed by atoms with Gasteiger partial charge in [-0.25, -0.2) is 4.98 Å². The second-order valence-electron chi connectivity index (χ2n) is 7.04. The van der Waals surface area contributed by atoms with Crippen LogP contribution in [0.3, 0.4) is 0 Å². The number of carbonyl (C=O) groups is 1. The normalized spacial score (nSPS) is 18.7. The van der Waals surface area contributed by atoms with Crippen LogP contribution in [-0.4, -0.2) is 23.4 Å². The number of carbonyl (C=O) groups excluding carboxylic acids is 1. The maximum absolute atomic E-state index is 12.1. The minimum Gasteiger partial charge on any atom is -0.356 e. The number of anilines is 1. The summed E-state index contributed by atoms with van der Waals surface area (Å²) in [6.07, 6.45) is 1.87. The zero-order valence-corrected chi connectivity index (χ0v) is 19.6. The molecule has 0 bridgehead atoms. The summed E-state index contributed by atoms with van der Waals surface area (Å²) in [6.45, 7) is 19.6. The molecule has 0 spiro atoms. The van der Waals surface area contributed by atoms with Crippen molar-refractivity contribution in [1.82, 2.24) is 10.3 Å². The molecule has 0 aliphatic carbocycles. The molecule has 5 nitrogen and oxygen atoms in total. The Morgan fingerprint density at radius 3 is 2.45 bits per heavy atom. The fraction of sp³-hybridized carbons (Fsp3) is 0.524. The standard InChI is InChI=1S/C12H17FN2OS.C9H14ClNO/c1-5-10-7(2)6-15(10)12-14-8(3)11(17-12)9(4)16-13;1-5-9(6(2)10)11-7(3)8(4)12/h7,10H,4-6H2,1-3H3;11H,3,5H2,1-2,4H3/b;9-6+/t7-,10-;/m1./s1. The fourth-order valence-corrected chi connectivity index (χ4v) is 4.28. The average Bonchev–Trinajstić information content (AvgIpc) is 3.04. The van der Waals surface area contributed by atoms with Gasteiger partial charge in [0.1, 0.15) is 0 Å². The summed E-state index contributed by atoms with van der Waals surface area (Å²) in [7, 11) is 0. The monoisotopic (exact) mass is 443 g/mol. The number of hydrogen-bond acceptors (Lipinski definition) is 6. The number of thiazole rings is 1. The van der Waals surface area contributed by atoms with Gasteiger partial charge in [0.15, 0.2) is 16.7 Å². The molecule has 0 amide bonds. The zero-order valence-electron chi connectivity index (χ0n) is 18.1. The van der Waals surface area contributed by atoms with Crippen molar-refractivity contribution in [3.63, 3.8) is 0 Å². The number of hydrogen-bond donors (Lipinski definition) is 1. The van der Waals surface area contributed by atoms with Crippen molar-refractivity contribution in [3.05, 3.63) is 40.2 Å². The van der Waals surface area contributed by atoms with Crippen LogP contribution in [0.5, 0.6) is 0 Å². The molecule has 2 atom stereocenters. The summed E-state index contributed by atoms with van der Waals surface area (Å²) >= 11 is 7.20. The van der Waals surface area contributed by atoms with Crippen LogP contribution in [0.4, 0.5) is 9.66 Å². The van der Waals surface area contributed by atoms with Crippen LogP contribution < -0.4 is 10.2 Å². The number of rotatable bonds is 8. The molecule has 29 heavy (non-hydrogen) atoms. The number of aryl methyl sites for hydroxylation is 1. The summed E-state index contributed by atoms with van der Waals surface area (Å²) in [5.41, 5.74) is 2.01. The van der Waals surface area contributed by atoms with Gasteiger partial charge in [-0.3, -0.25) is 9.74 Å². The highest BCUT2D eigenvalue weighted by Crippen LogP contribution is 2.38. The second-order valence-corrected chi connectivity index (χ2v) is 8.59. The number of aromatic nitrogens is 1. The first-order chi connectivity index (χ1) is 13.6. The van der Waals surface area contributed by atoms with E-state index in [4.69, 9.17) is 11.6 Å². The Kier molecular flexibility index (Phi) is 9.86. The summed E-state index contributed by atoms with van der Waals surface area (Å²) in [5, 5.41) is 4.48. The van der Waals surface area contributed by atoms with Crippen LogP contribution in [0.15, 0.2) is 29.6 Å². The highest BCUT2D eigenvalue weighted by atomic mass is 35.5. The van der Waals surface area contributed by atoms with Gasteiger partial charge in [-0.15, -0.1) is 0 Å². The van der Waals surface area contributed by atoms with E-state index in [0.29, 0.717) is 27.6 Å². The topological polar surface area (TPSA) is 54.5 Å². The molecule has 0 saturated carbocycles. The van der Waals surface area contributed by atoms with Crippen molar-refractivity contribution >= 4 is 39.6 Å². The molecule has 1 aromatic heterocycles. The van der Waals surface area contributed by atoms with Gasteiger partial charge >= 0.3 is 0 Å². The average molecular weight is 444 g/mol. The first-order valence-corrected chi connectivity index (χ1v) is 10.8. The first-order valence-electron chi connectivity index (χ1n) is 9.61. The Hall–Kier alpha value is -1.86. The number of nitrogens with zero attached hydrogens (tertiary/aromatic N) is 2. The number of Topliss-reactive ketones (excluding diaryl/α,β-unsaturated/α-hetero) is 1. The molecular formula is C21H31ClFN3O2S. The summed E-state index contributed by atoms with van der Waals surface area (Å²) in [4.78, 5) is 21.9. The van der Waals surface area contributed by atoms with Gasteiger partial charge in [0, 0.05) is 34.8 Å². The molecule has 0 aromatic carbocycles. The molecule has 162 valence electrons. The molecular weight excluding hydrogens is 413 g/mol. The number of nitrogens with one attached hydrogen (secondary N) is 1. The van der Waals surface area contributed by atoms with Gasteiger partial charge in [-0.1, -0.05) is 56.9 Å². The summed E-state index contributed by atoms with van der Waals surface area (Å²) < 4.78 is 12.1. The SMILES string of the molecule is C=C(N/C(CC)=C(\C)Cl)C(C)=O.C=C(OF)c1sc(N2C[C@@H](C)[C@H]2CC)nc1C. The summed E-state index contributed by atoms with van der Waals surface area (Å²) in [5.74, 6) is 0.681. The third-order valence-corrected chi connectivity index (χ3v) is 6.30. The molecule has 2 rings (SSSR count). The smallest absolute Gasteiger partial charge is 0.186 e. The molecule has 2 heterocycles. The van der Waals surface area contributed by atoms with Crippen molar-refractivity contribution in [1.29, 1.82) is 0 Å². The molecule has 8 heteroatoms. The lowest BCUT2D eigenvalue weighted by atomic mass is 9.89. The van der Waals surface area contributed by atoms with E-state index in [-0.39, 0.29) is 11.5 Å². The van der Waals surface area contributed by atoms with Gasteiger partial charge in [-0.05, 0) is 32.6 Å². The van der Waals surface area contributed by atoms with Gasteiger partial charge in [0.2, 0.25) is 0 Å². The highest BCUT2D eigenvalue weighted by molar-refractivity contribution is 7.16. The van der Waals surface area contributed by atoms with E-state index < -0.39 is 0 Å². The lowest BCUT2D eigenvalue weighted by Gasteiger charge is -2.46. The predicted octanol–water partition coefficient (Wildman–Crippen LogP) is 6.12. The van der Waals surface area contributed by atoms with E-state index in [1.807, 2.05) is 13.8 Å². The van der Waals surface area contributed by atoms with E-state index >= 15 is 0 Å². The van der Waals surface area contributed by atoms with Gasteiger partial charge < -0.3 is 10.2 Å². The Balaban J connectivity index is 0.000000311. The largest absolute Gasteiger partial charge is 0.356 e. The van der Waals surface area contributed by atoms with Crippen LogP contribution in [-0.2, 0) is 9.74 Å². The van der Waals surface area contributed by atoms with Crippen molar-refractivity contribution < 1.29 is 14.3 Å². The maximum Gasteiger partial charge on any atom is 0.186 e. The molecule has 1 aromatic rings. The van der Waals surface area contributed by atoms with Crippen LogP contribution in [0.25, 0.3) is 5.76 Å². The van der Waals surface area contributed by atoms with Crippen molar-refractivity contribution in [2.24, 2.45) is 5.92 Å². The van der Waals surface area contributed by atoms with Crippen LogP contribution in [0.1, 0.15) is 58.0 Å². The maximum atomic E-state index is 12.1. The third kappa shape index (κ3) is 6.57. The Morgan fingerprint density at radius 1 is 1.41 bits per heavy atom. The molecule has 0 radical (unpaired) electrons. The molecule has 1 fully saturated rings. The number of allylic oxidation sites excluding steroid dienone is 3. The van der Waals surface area contributed by atoms with E-state index in [2.05, 4.69) is 47.1 Å². The third-order valence-electron chi connectivity index (χ3n) is 4.83. The lowest BCUT2D eigenvalue weighted by Crippen LogP contribution is -2.54. The Labute approximate surface area is 182 Å². The minimum atomic E-state index is -0.0705. The van der Waals surface area contributed by atoms with Crippen molar-refractivity contribution in [2.45, 2.75) is 60.4 Å². The second kappa shape index (κ2) is 11.4.